The van der Waals surface area contributed by atoms with E-state index >= 15 is 0 Å². The molecule has 3 atom stereocenters. The Morgan fingerprint density at radius 3 is 2.50 bits per heavy atom. The summed E-state index contributed by atoms with van der Waals surface area (Å²) in [6, 6.07) is -0.00543. The third-order valence-electron chi connectivity index (χ3n) is 5.44. The van der Waals surface area contributed by atoms with E-state index in [0.717, 1.165) is 6.42 Å². The number of carbonyl (C=O) groups is 1. The second-order valence-electron chi connectivity index (χ2n) is 7.60. The Labute approximate surface area is 134 Å². The molecule has 1 amide bonds. The van der Waals surface area contributed by atoms with Gasteiger partial charge in [-0.05, 0) is 39.5 Å². The number of nitrogens with one attached hydrogen (secondary N) is 1. The topological polar surface area (TPSA) is 66.5 Å². The lowest BCUT2D eigenvalue weighted by molar-refractivity contribution is -0.127. The van der Waals surface area contributed by atoms with Crippen LogP contribution < -0.4 is 5.32 Å². The predicted molar refractivity (Wildman–Crippen MR) is 88.5 cm³/mol. The summed E-state index contributed by atoms with van der Waals surface area (Å²) in [5, 5.41) is 3.18. The SMILES string of the molecule is CC1CCCCC1NC(=O)C(C)N1CCS(=O)(=O)C(C)(C)C1. The van der Waals surface area contributed by atoms with Gasteiger partial charge >= 0.3 is 0 Å². The minimum absolute atomic E-state index is 0.0360. The normalized spacial score (nSPS) is 33.1. The van der Waals surface area contributed by atoms with Crippen molar-refractivity contribution in [3.63, 3.8) is 0 Å². The van der Waals surface area contributed by atoms with Crippen LogP contribution in [0.2, 0.25) is 0 Å². The van der Waals surface area contributed by atoms with Crippen LogP contribution in [0.1, 0.15) is 53.4 Å². The van der Waals surface area contributed by atoms with Crippen LogP contribution >= 0.6 is 0 Å². The fourth-order valence-corrected chi connectivity index (χ4v) is 4.90. The van der Waals surface area contributed by atoms with Gasteiger partial charge in [0.1, 0.15) is 0 Å². The van der Waals surface area contributed by atoms with E-state index in [2.05, 4.69) is 12.2 Å². The fraction of sp³-hybridized carbons (Fsp3) is 0.938. The Bertz CT molecular complexity index is 515. The van der Waals surface area contributed by atoms with Crippen LogP contribution in [0.25, 0.3) is 0 Å². The number of hydrogen-bond acceptors (Lipinski definition) is 4. The van der Waals surface area contributed by atoms with Crippen molar-refractivity contribution in [2.75, 3.05) is 18.8 Å². The third kappa shape index (κ3) is 3.65. The van der Waals surface area contributed by atoms with Gasteiger partial charge in [0.05, 0.1) is 16.5 Å². The van der Waals surface area contributed by atoms with Crippen molar-refractivity contribution in [3.8, 4) is 0 Å². The number of carbonyl (C=O) groups excluding carboxylic acids is 1. The van der Waals surface area contributed by atoms with Crippen LogP contribution in [-0.4, -0.2) is 54.9 Å². The molecule has 3 unspecified atom stereocenters. The highest BCUT2D eigenvalue weighted by atomic mass is 32.2. The molecule has 2 aliphatic rings. The summed E-state index contributed by atoms with van der Waals surface area (Å²) in [6.45, 7) is 8.46. The van der Waals surface area contributed by atoms with Gasteiger partial charge in [0.25, 0.3) is 0 Å². The van der Waals surface area contributed by atoms with E-state index in [9.17, 15) is 13.2 Å². The molecule has 0 radical (unpaired) electrons. The summed E-state index contributed by atoms with van der Waals surface area (Å²) in [7, 11) is -3.06. The molecule has 2 fully saturated rings. The first-order valence-corrected chi connectivity index (χ1v) is 10.1. The molecule has 1 saturated carbocycles. The molecule has 6 heteroatoms. The zero-order chi connectivity index (χ0) is 16.5. The molecule has 0 aromatic heterocycles. The highest BCUT2D eigenvalue weighted by Gasteiger charge is 2.42. The van der Waals surface area contributed by atoms with E-state index < -0.39 is 14.6 Å². The summed E-state index contributed by atoms with van der Waals surface area (Å²) in [5.74, 6) is 0.703. The minimum Gasteiger partial charge on any atom is -0.352 e. The maximum absolute atomic E-state index is 12.5. The van der Waals surface area contributed by atoms with Gasteiger partial charge in [0.2, 0.25) is 5.91 Å². The Hall–Kier alpha value is -0.620. The number of amides is 1. The molecule has 1 N–H and O–H groups in total. The number of sulfone groups is 1. The van der Waals surface area contributed by atoms with Crippen molar-refractivity contribution in [2.24, 2.45) is 5.92 Å². The second-order valence-corrected chi connectivity index (χ2v) is 10.3. The van der Waals surface area contributed by atoms with Crippen LogP contribution in [0.4, 0.5) is 0 Å². The lowest BCUT2D eigenvalue weighted by Gasteiger charge is -2.40. The van der Waals surface area contributed by atoms with Crippen molar-refractivity contribution in [1.82, 2.24) is 10.2 Å². The maximum Gasteiger partial charge on any atom is 0.237 e. The van der Waals surface area contributed by atoms with E-state index in [4.69, 9.17) is 0 Å². The fourth-order valence-electron chi connectivity index (χ4n) is 3.51. The summed E-state index contributed by atoms with van der Waals surface area (Å²) in [6.07, 6.45) is 4.66. The molecule has 22 heavy (non-hydrogen) atoms. The first-order chi connectivity index (χ1) is 10.1. The summed E-state index contributed by atoms with van der Waals surface area (Å²) < 4.78 is 23.4. The second kappa shape index (κ2) is 6.48. The Morgan fingerprint density at radius 1 is 1.27 bits per heavy atom. The lowest BCUT2D eigenvalue weighted by Crippen LogP contribution is -2.59. The van der Waals surface area contributed by atoms with Crippen molar-refractivity contribution in [2.45, 2.75) is 70.2 Å². The first kappa shape index (κ1) is 17.7. The molecule has 0 aromatic carbocycles. The highest BCUT2D eigenvalue weighted by molar-refractivity contribution is 7.92. The highest BCUT2D eigenvalue weighted by Crippen LogP contribution is 2.26. The van der Waals surface area contributed by atoms with Crippen molar-refractivity contribution in [1.29, 1.82) is 0 Å². The van der Waals surface area contributed by atoms with Gasteiger partial charge in [0.15, 0.2) is 9.84 Å². The minimum atomic E-state index is -3.06. The molecule has 0 bridgehead atoms. The quantitative estimate of drug-likeness (QED) is 0.853. The molecule has 128 valence electrons. The zero-order valence-electron chi connectivity index (χ0n) is 14.3. The van der Waals surface area contributed by atoms with E-state index in [1.54, 1.807) is 13.8 Å². The molecule has 1 saturated heterocycles. The first-order valence-electron chi connectivity index (χ1n) is 8.41. The Morgan fingerprint density at radius 2 is 1.91 bits per heavy atom. The van der Waals surface area contributed by atoms with Gasteiger partial charge in [-0.25, -0.2) is 8.42 Å². The zero-order valence-corrected chi connectivity index (χ0v) is 15.1. The van der Waals surface area contributed by atoms with E-state index in [1.807, 2.05) is 11.8 Å². The van der Waals surface area contributed by atoms with Gasteiger partial charge in [-0.3, -0.25) is 9.69 Å². The van der Waals surface area contributed by atoms with Crippen LogP contribution in [0.3, 0.4) is 0 Å². The molecule has 1 heterocycles. The molecular formula is C16H30N2O3S. The predicted octanol–water partition coefficient (Wildman–Crippen LogP) is 1.58. The third-order valence-corrected chi connectivity index (χ3v) is 7.97. The van der Waals surface area contributed by atoms with E-state index in [0.29, 0.717) is 19.0 Å². The van der Waals surface area contributed by atoms with Gasteiger partial charge in [-0.2, -0.15) is 0 Å². The summed E-state index contributed by atoms with van der Waals surface area (Å²) >= 11 is 0. The standard InChI is InChI=1S/C16H30N2O3S/c1-12-7-5-6-8-14(12)17-15(19)13(2)18-9-10-22(20,21)16(3,4)11-18/h12-14H,5-11H2,1-4H3,(H,17,19). The maximum atomic E-state index is 12.5. The van der Waals surface area contributed by atoms with Crippen molar-refractivity contribution >= 4 is 15.7 Å². The van der Waals surface area contributed by atoms with Gasteiger partial charge in [-0.1, -0.05) is 19.8 Å². The van der Waals surface area contributed by atoms with Gasteiger partial charge in [-0.15, -0.1) is 0 Å². The van der Waals surface area contributed by atoms with E-state index in [1.165, 1.54) is 19.3 Å². The molecule has 5 nitrogen and oxygen atoms in total. The van der Waals surface area contributed by atoms with E-state index in [-0.39, 0.29) is 23.7 Å². The lowest BCUT2D eigenvalue weighted by atomic mass is 9.86. The average Bonchev–Trinajstić information content (AvgIpc) is 2.43. The molecule has 1 aliphatic heterocycles. The summed E-state index contributed by atoms with van der Waals surface area (Å²) in [4.78, 5) is 14.5. The van der Waals surface area contributed by atoms with Gasteiger partial charge in [0, 0.05) is 19.1 Å². The monoisotopic (exact) mass is 330 g/mol. The van der Waals surface area contributed by atoms with Crippen LogP contribution in [-0.2, 0) is 14.6 Å². The van der Waals surface area contributed by atoms with Gasteiger partial charge < -0.3 is 5.32 Å². The van der Waals surface area contributed by atoms with Crippen molar-refractivity contribution in [3.05, 3.63) is 0 Å². The Kier molecular flexibility index (Phi) is 5.22. The smallest absolute Gasteiger partial charge is 0.237 e. The average molecular weight is 330 g/mol. The number of rotatable bonds is 3. The molecule has 2 rings (SSSR count). The number of nitrogens with zero attached hydrogens (tertiary/aromatic N) is 1. The molecule has 1 aliphatic carbocycles. The largest absolute Gasteiger partial charge is 0.352 e. The molecular weight excluding hydrogens is 300 g/mol. The molecule has 0 spiro atoms. The Balaban J connectivity index is 1.96. The van der Waals surface area contributed by atoms with Crippen molar-refractivity contribution < 1.29 is 13.2 Å². The number of hydrogen-bond donors (Lipinski definition) is 1. The van der Waals surface area contributed by atoms with Crippen LogP contribution in [0.5, 0.6) is 0 Å². The van der Waals surface area contributed by atoms with Crippen LogP contribution in [0.15, 0.2) is 0 Å². The molecule has 0 aromatic rings. The van der Waals surface area contributed by atoms with Crippen LogP contribution in [0, 0.1) is 5.92 Å². The summed E-state index contributed by atoms with van der Waals surface area (Å²) in [5.41, 5.74) is 0.